The topological polar surface area (TPSA) is 58.5 Å². The Bertz CT molecular complexity index is 646. The molecule has 0 radical (unpaired) electrons. The number of aromatic nitrogens is 4. The Labute approximate surface area is 128 Å². The van der Waals surface area contributed by atoms with E-state index in [-0.39, 0.29) is 6.04 Å². The monoisotopic (exact) mass is 301 g/mol. The molecule has 0 aliphatic heterocycles. The summed E-state index contributed by atoms with van der Waals surface area (Å²) in [4.78, 5) is 7.28. The molecule has 0 aliphatic rings. The molecule has 0 aliphatic carbocycles. The molecular formula is C15H16ClN5. The average molecular weight is 302 g/mol. The molecule has 2 N–H and O–H groups in total. The lowest BCUT2D eigenvalue weighted by molar-refractivity contribution is 0.476. The molecule has 0 spiro atoms. The first-order valence-corrected chi connectivity index (χ1v) is 7.14. The number of hydrogen-bond acceptors (Lipinski definition) is 3. The van der Waals surface area contributed by atoms with E-state index in [1.807, 2.05) is 47.4 Å². The number of rotatable bonds is 6. The molecule has 6 heteroatoms. The smallest absolute Gasteiger partial charge is 0.120 e. The van der Waals surface area contributed by atoms with Crippen LogP contribution in [0.25, 0.3) is 0 Å². The SMILES string of the molecule is Clc1ccc(C(CNCc2ncc[nH]2)n2cccn2)cc1. The lowest BCUT2D eigenvalue weighted by atomic mass is 10.1. The minimum atomic E-state index is 0.118. The van der Waals surface area contributed by atoms with Crippen molar-refractivity contribution in [3.05, 3.63) is 71.5 Å². The summed E-state index contributed by atoms with van der Waals surface area (Å²) in [7, 11) is 0. The van der Waals surface area contributed by atoms with Gasteiger partial charge < -0.3 is 10.3 Å². The highest BCUT2D eigenvalue weighted by atomic mass is 35.5. The summed E-state index contributed by atoms with van der Waals surface area (Å²) < 4.78 is 1.94. The van der Waals surface area contributed by atoms with Crippen LogP contribution in [0.15, 0.2) is 55.1 Å². The number of hydrogen-bond donors (Lipinski definition) is 2. The van der Waals surface area contributed by atoms with Crippen LogP contribution in [0, 0.1) is 0 Å². The van der Waals surface area contributed by atoms with E-state index >= 15 is 0 Å². The van der Waals surface area contributed by atoms with Gasteiger partial charge in [-0.1, -0.05) is 23.7 Å². The van der Waals surface area contributed by atoms with E-state index in [0.29, 0.717) is 6.54 Å². The molecule has 5 nitrogen and oxygen atoms in total. The van der Waals surface area contributed by atoms with E-state index in [1.165, 1.54) is 0 Å². The summed E-state index contributed by atoms with van der Waals surface area (Å²) in [5, 5.41) is 8.49. The van der Waals surface area contributed by atoms with E-state index in [1.54, 1.807) is 12.4 Å². The maximum absolute atomic E-state index is 5.96. The fourth-order valence-electron chi connectivity index (χ4n) is 2.24. The summed E-state index contributed by atoms with van der Waals surface area (Å²) in [5.41, 5.74) is 1.16. The van der Waals surface area contributed by atoms with Gasteiger partial charge in [0, 0.05) is 36.4 Å². The number of nitrogens with zero attached hydrogens (tertiary/aromatic N) is 3. The second-order valence-corrected chi connectivity index (χ2v) is 5.16. The summed E-state index contributed by atoms with van der Waals surface area (Å²) in [6.07, 6.45) is 7.33. The van der Waals surface area contributed by atoms with Crippen molar-refractivity contribution in [3.8, 4) is 0 Å². The van der Waals surface area contributed by atoms with Crippen molar-refractivity contribution in [2.45, 2.75) is 12.6 Å². The summed E-state index contributed by atoms with van der Waals surface area (Å²) >= 11 is 5.96. The molecule has 1 unspecified atom stereocenters. The van der Waals surface area contributed by atoms with Gasteiger partial charge in [-0.25, -0.2) is 4.98 Å². The van der Waals surface area contributed by atoms with Crippen LogP contribution in [0.1, 0.15) is 17.4 Å². The highest BCUT2D eigenvalue weighted by Gasteiger charge is 2.13. The van der Waals surface area contributed by atoms with Crippen LogP contribution in [-0.4, -0.2) is 26.3 Å². The number of imidazole rings is 1. The van der Waals surface area contributed by atoms with E-state index in [4.69, 9.17) is 11.6 Å². The van der Waals surface area contributed by atoms with Crippen LogP contribution in [0.4, 0.5) is 0 Å². The van der Waals surface area contributed by atoms with E-state index < -0.39 is 0 Å². The van der Waals surface area contributed by atoms with E-state index in [9.17, 15) is 0 Å². The van der Waals surface area contributed by atoms with Gasteiger partial charge in [-0.3, -0.25) is 4.68 Å². The predicted octanol–water partition coefficient (Wildman–Crippen LogP) is 2.64. The van der Waals surface area contributed by atoms with Crippen LogP contribution in [-0.2, 0) is 6.54 Å². The first-order chi connectivity index (χ1) is 10.3. The van der Waals surface area contributed by atoms with Crippen molar-refractivity contribution in [3.63, 3.8) is 0 Å². The lowest BCUT2D eigenvalue weighted by Crippen LogP contribution is -2.26. The first kappa shape index (κ1) is 13.9. The van der Waals surface area contributed by atoms with Crippen molar-refractivity contribution >= 4 is 11.6 Å². The summed E-state index contributed by atoms with van der Waals surface area (Å²) in [6, 6.07) is 9.91. The fraction of sp³-hybridized carbons (Fsp3) is 0.200. The third kappa shape index (κ3) is 3.51. The summed E-state index contributed by atoms with van der Waals surface area (Å²) in [5.74, 6) is 0.922. The van der Waals surface area contributed by atoms with Gasteiger partial charge >= 0.3 is 0 Å². The van der Waals surface area contributed by atoms with Crippen molar-refractivity contribution in [1.82, 2.24) is 25.1 Å². The van der Waals surface area contributed by atoms with Crippen LogP contribution < -0.4 is 5.32 Å². The van der Waals surface area contributed by atoms with Gasteiger partial charge in [0.15, 0.2) is 0 Å². The normalized spacial score (nSPS) is 12.4. The number of nitrogens with one attached hydrogen (secondary N) is 2. The molecule has 21 heavy (non-hydrogen) atoms. The molecular weight excluding hydrogens is 286 g/mol. The van der Waals surface area contributed by atoms with E-state index in [0.717, 1.165) is 23.0 Å². The van der Waals surface area contributed by atoms with Crippen LogP contribution in [0.2, 0.25) is 5.02 Å². The Morgan fingerprint density at radius 2 is 2.10 bits per heavy atom. The minimum absolute atomic E-state index is 0.118. The molecule has 0 fully saturated rings. The standard InChI is InChI=1S/C15H16ClN5/c16-13-4-2-12(3-5-13)14(21-9-1-6-20-21)10-17-11-15-18-7-8-19-15/h1-9,14,17H,10-11H2,(H,18,19). The molecule has 0 bridgehead atoms. The maximum atomic E-state index is 5.96. The van der Waals surface area contributed by atoms with Gasteiger partial charge in [0.25, 0.3) is 0 Å². The van der Waals surface area contributed by atoms with Crippen LogP contribution in [0.5, 0.6) is 0 Å². The number of benzene rings is 1. The largest absolute Gasteiger partial charge is 0.348 e. The van der Waals surface area contributed by atoms with Crippen LogP contribution >= 0.6 is 11.6 Å². The molecule has 0 saturated carbocycles. The maximum Gasteiger partial charge on any atom is 0.120 e. The number of aromatic amines is 1. The third-order valence-electron chi connectivity index (χ3n) is 3.28. The third-order valence-corrected chi connectivity index (χ3v) is 3.54. The second-order valence-electron chi connectivity index (χ2n) is 4.72. The minimum Gasteiger partial charge on any atom is -0.348 e. The Morgan fingerprint density at radius 1 is 1.24 bits per heavy atom. The van der Waals surface area contributed by atoms with Gasteiger partial charge in [0.05, 0.1) is 12.6 Å². The molecule has 1 aromatic carbocycles. The summed E-state index contributed by atoms with van der Waals surface area (Å²) in [6.45, 7) is 1.45. The van der Waals surface area contributed by atoms with Crippen LogP contribution in [0.3, 0.4) is 0 Å². The van der Waals surface area contributed by atoms with Crippen molar-refractivity contribution in [1.29, 1.82) is 0 Å². The van der Waals surface area contributed by atoms with Gasteiger partial charge in [-0.2, -0.15) is 5.10 Å². The lowest BCUT2D eigenvalue weighted by Gasteiger charge is -2.18. The van der Waals surface area contributed by atoms with Crippen molar-refractivity contribution < 1.29 is 0 Å². The second kappa shape index (κ2) is 6.56. The highest BCUT2D eigenvalue weighted by Crippen LogP contribution is 2.19. The molecule has 2 aromatic heterocycles. The zero-order chi connectivity index (χ0) is 14.5. The Kier molecular flexibility index (Phi) is 4.33. The Balaban J connectivity index is 1.72. The highest BCUT2D eigenvalue weighted by molar-refractivity contribution is 6.30. The quantitative estimate of drug-likeness (QED) is 0.736. The van der Waals surface area contributed by atoms with Gasteiger partial charge in [0.2, 0.25) is 0 Å². The zero-order valence-corrected chi connectivity index (χ0v) is 12.2. The number of halogens is 1. The molecule has 3 rings (SSSR count). The molecule has 108 valence electrons. The van der Waals surface area contributed by atoms with Crippen molar-refractivity contribution in [2.24, 2.45) is 0 Å². The number of H-pyrrole nitrogens is 1. The first-order valence-electron chi connectivity index (χ1n) is 6.76. The average Bonchev–Trinajstić information content (AvgIpc) is 3.18. The molecule has 3 aromatic rings. The Morgan fingerprint density at radius 3 is 2.76 bits per heavy atom. The van der Waals surface area contributed by atoms with Gasteiger partial charge in [-0.15, -0.1) is 0 Å². The molecule has 2 heterocycles. The van der Waals surface area contributed by atoms with Crippen molar-refractivity contribution in [2.75, 3.05) is 6.54 Å². The molecule has 1 atom stereocenters. The fourth-order valence-corrected chi connectivity index (χ4v) is 2.36. The van der Waals surface area contributed by atoms with Gasteiger partial charge in [0.1, 0.15) is 5.82 Å². The van der Waals surface area contributed by atoms with Gasteiger partial charge in [-0.05, 0) is 23.8 Å². The molecule has 0 amide bonds. The van der Waals surface area contributed by atoms with E-state index in [2.05, 4.69) is 20.4 Å². The Hall–Kier alpha value is -2.11. The zero-order valence-electron chi connectivity index (χ0n) is 11.4. The molecule has 0 saturated heterocycles. The predicted molar refractivity (Wildman–Crippen MR) is 82.1 cm³/mol.